The van der Waals surface area contributed by atoms with Crippen LogP contribution in [-0.2, 0) is 11.2 Å². The van der Waals surface area contributed by atoms with E-state index >= 15 is 0 Å². The Hall–Kier alpha value is -1.51. The number of carboxylic acids is 1. The minimum atomic E-state index is -0.693. The van der Waals surface area contributed by atoms with E-state index in [4.69, 9.17) is 9.84 Å². The van der Waals surface area contributed by atoms with Crippen molar-refractivity contribution in [3.63, 3.8) is 0 Å². The van der Waals surface area contributed by atoms with E-state index in [1.165, 1.54) is 24.0 Å². The number of fused-ring (bicyclic) bond motifs is 1. The molecule has 1 aliphatic heterocycles. The summed E-state index contributed by atoms with van der Waals surface area (Å²) < 4.78 is 5.60. The van der Waals surface area contributed by atoms with Gasteiger partial charge in [0.25, 0.3) is 0 Å². The zero-order valence-electron chi connectivity index (χ0n) is 10.6. The molecule has 96 valence electrons. The summed E-state index contributed by atoms with van der Waals surface area (Å²) in [6.07, 6.45) is 3.55. The number of aliphatic carboxylic acids is 1. The molecule has 0 aromatic heterocycles. The van der Waals surface area contributed by atoms with Crippen molar-refractivity contribution < 1.29 is 14.6 Å². The lowest BCUT2D eigenvalue weighted by Gasteiger charge is -2.16. The Morgan fingerprint density at radius 1 is 1.50 bits per heavy atom. The highest BCUT2D eigenvalue weighted by atomic mass is 16.5. The summed E-state index contributed by atoms with van der Waals surface area (Å²) in [6.45, 7) is 2.81. The Morgan fingerprint density at radius 2 is 2.28 bits per heavy atom. The van der Waals surface area contributed by atoms with Crippen LogP contribution in [-0.4, -0.2) is 17.7 Å². The SMILES string of the molecule is Cc1cc(C(CC(=O)O)C2CC2)cc2c1OCC2. The molecule has 0 bridgehead atoms. The summed E-state index contributed by atoms with van der Waals surface area (Å²) in [6, 6.07) is 4.29. The number of aryl methyl sites for hydroxylation is 1. The predicted molar refractivity (Wildman–Crippen MR) is 68.1 cm³/mol. The Bertz CT molecular complexity index is 489. The average molecular weight is 246 g/mol. The van der Waals surface area contributed by atoms with Crippen molar-refractivity contribution >= 4 is 5.97 Å². The van der Waals surface area contributed by atoms with Crippen molar-refractivity contribution in [3.8, 4) is 5.75 Å². The molecule has 0 spiro atoms. The van der Waals surface area contributed by atoms with Crippen LogP contribution < -0.4 is 4.74 Å². The van der Waals surface area contributed by atoms with Gasteiger partial charge in [-0.05, 0) is 48.3 Å². The molecule has 1 saturated carbocycles. The summed E-state index contributed by atoms with van der Waals surface area (Å²) in [5.74, 6) is 1.08. The fourth-order valence-electron chi connectivity index (χ4n) is 2.99. The zero-order valence-corrected chi connectivity index (χ0v) is 10.6. The van der Waals surface area contributed by atoms with Crippen molar-refractivity contribution in [1.82, 2.24) is 0 Å². The van der Waals surface area contributed by atoms with Crippen LogP contribution in [0.25, 0.3) is 0 Å². The second-order valence-corrected chi connectivity index (χ2v) is 5.47. The van der Waals surface area contributed by atoms with E-state index in [1.807, 2.05) is 0 Å². The van der Waals surface area contributed by atoms with Gasteiger partial charge in [0.1, 0.15) is 5.75 Å². The average Bonchev–Trinajstić information content (AvgIpc) is 3.03. The lowest BCUT2D eigenvalue weighted by Crippen LogP contribution is -2.09. The molecule has 1 atom stereocenters. The second-order valence-electron chi connectivity index (χ2n) is 5.47. The van der Waals surface area contributed by atoms with Gasteiger partial charge in [0, 0.05) is 6.42 Å². The van der Waals surface area contributed by atoms with E-state index < -0.39 is 5.97 Å². The predicted octanol–water partition coefficient (Wildman–Crippen LogP) is 2.90. The van der Waals surface area contributed by atoms with E-state index in [-0.39, 0.29) is 12.3 Å². The highest BCUT2D eigenvalue weighted by Gasteiger charge is 2.34. The van der Waals surface area contributed by atoms with Crippen LogP contribution in [0.2, 0.25) is 0 Å². The molecule has 1 fully saturated rings. The number of ether oxygens (including phenoxy) is 1. The van der Waals surface area contributed by atoms with Crippen molar-refractivity contribution in [1.29, 1.82) is 0 Å². The molecule has 3 nitrogen and oxygen atoms in total. The summed E-state index contributed by atoms with van der Waals surface area (Å²) in [5.41, 5.74) is 3.60. The first kappa shape index (κ1) is 11.6. The third kappa shape index (κ3) is 2.09. The molecular weight excluding hydrogens is 228 g/mol. The van der Waals surface area contributed by atoms with E-state index in [9.17, 15) is 4.79 Å². The summed E-state index contributed by atoms with van der Waals surface area (Å²) in [7, 11) is 0. The first-order chi connectivity index (χ1) is 8.65. The highest BCUT2D eigenvalue weighted by Crippen LogP contribution is 2.46. The van der Waals surface area contributed by atoms with Crippen LogP contribution in [0.1, 0.15) is 41.9 Å². The zero-order chi connectivity index (χ0) is 12.7. The maximum absolute atomic E-state index is 11.0. The first-order valence-electron chi connectivity index (χ1n) is 6.63. The van der Waals surface area contributed by atoms with E-state index in [2.05, 4.69) is 19.1 Å². The van der Waals surface area contributed by atoms with Crippen LogP contribution in [0.4, 0.5) is 0 Å². The largest absolute Gasteiger partial charge is 0.493 e. The van der Waals surface area contributed by atoms with Gasteiger partial charge in [0.15, 0.2) is 0 Å². The van der Waals surface area contributed by atoms with E-state index in [0.29, 0.717) is 5.92 Å². The van der Waals surface area contributed by atoms with Crippen molar-refractivity contribution in [2.75, 3.05) is 6.61 Å². The van der Waals surface area contributed by atoms with Crippen LogP contribution in [0.5, 0.6) is 5.75 Å². The molecular formula is C15H18O3. The molecule has 18 heavy (non-hydrogen) atoms. The Labute approximate surface area is 107 Å². The minimum Gasteiger partial charge on any atom is -0.493 e. The highest BCUT2D eigenvalue weighted by molar-refractivity contribution is 5.68. The smallest absolute Gasteiger partial charge is 0.303 e. The number of carboxylic acid groups (broad SMARTS) is 1. The molecule has 2 aliphatic rings. The molecule has 1 aromatic carbocycles. The van der Waals surface area contributed by atoms with Gasteiger partial charge in [0.2, 0.25) is 0 Å². The maximum Gasteiger partial charge on any atom is 0.303 e. The number of hydrogen-bond donors (Lipinski definition) is 1. The number of benzene rings is 1. The third-order valence-corrected chi connectivity index (χ3v) is 4.01. The molecule has 0 amide bonds. The number of rotatable bonds is 4. The molecule has 1 aromatic rings. The number of hydrogen-bond acceptors (Lipinski definition) is 2. The minimum absolute atomic E-state index is 0.187. The summed E-state index contributed by atoms with van der Waals surface area (Å²) >= 11 is 0. The van der Waals surface area contributed by atoms with Gasteiger partial charge in [-0.25, -0.2) is 0 Å². The first-order valence-corrected chi connectivity index (χ1v) is 6.63. The Morgan fingerprint density at radius 3 is 2.94 bits per heavy atom. The second kappa shape index (κ2) is 4.30. The Balaban J connectivity index is 1.94. The maximum atomic E-state index is 11.0. The van der Waals surface area contributed by atoms with Gasteiger partial charge >= 0.3 is 5.97 Å². The van der Waals surface area contributed by atoms with Crippen LogP contribution >= 0.6 is 0 Å². The van der Waals surface area contributed by atoms with Gasteiger partial charge < -0.3 is 9.84 Å². The molecule has 0 saturated heterocycles. The lowest BCUT2D eigenvalue weighted by atomic mass is 9.88. The molecule has 1 N–H and O–H groups in total. The quantitative estimate of drug-likeness (QED) is 0.888. The lowest BCUT2D eigenvalue weighted by molar-refractivity contribution is -0.137. The standard InChI is InChI=1S/C15H18O3/c1-9-6-12(7-11-4-5-18-15(9)11)13(8-14(16)17)10-2-3-10/h6-7,10,13H,2-5,8H2,1H3,(H,16,17). The van der Waals surface area contributed by atoms with Crippen LogP contribution in [0.3, 0.4) is 0 Å². The molecule has 3 heteroatoms. The summed E-state index contributed by atoms with van der Waals surface area (Å²) in [4.78, 5) is 11.0. The molecule has 0 radical (unpaired) electrons. The van der Waals surface area contributed by atoms with E-state index in [0.717, 1.165) is 24.3 Å². The Kier molecular flexibility index (Phi) is 2.77. The van der Waals surface area contributed by atoms with Gasteiger partial charge in [-0.15, -0.1) is 0 Å². The monoisotopic (exact) mass is 246 g/mol. The molecule has 3 rings (SSSR count). The number of carbonyl (C=O) groups is 1. The molecule has 1 aliphatic carbocycles. The van der Waals surface area contributed by atoms with Gasteiger partial charge in [-0.2, -0.15) is 0 Å². The van der Waals surface area contributed by atoms with Crippen LogP contribution in [0.15, 0.2) is 12.1 Å². The van der Waals surface area contributed by atoms with Gasteiger partial charge in [-0.1, -0.05) is 12.1 Å². The van der Waals surface area contributed by atoms with Crippen molar-refractivity contribution in [2.24, 2.45) is 5.92 Å². The fraction of sp³-hybridized carbons (Fsp3) is 0.533. The summed E-state index contributed by atoms with van der Waals surface area (Å²) in [5, 5.41) is 9.06. The van der Waals surface area contributed by atoms with E-state index in [1.54, 1.807) is 0 Å². The van der Waals surface area contributed by atoms with Crippen molar-refractivity contribution in [2.45, 2.75) is 38.5 Å². The topological polar surface area (TPSA) is 46.5 Å². The molecule has 1 heterocycles. The normalized spacial score (nSPS) is 19.2. The van der Waals surface area contributed by atoms with Gasteiger partial charge in [0.05, 0.1) is 13.0 Å². The fourth-order valence-corrected chi connectivity index (χ4v) is 2.99. The molecule has 1 unspecified atom stereocenters. The third-order valence-electron chi connectivity index (χ3n) is 4.01. The van der Waals surface area contributed by atoms with Gasteiger partial charge in [-0.3, -0.25) is 4.79 Å². The van der Waals surface area contributed by atoms with Crippen molar-refractivity contribution in [3.05, 3.63) is 28.8 Å². The van der Waals surface area contributed by atoms with Crippen LogP contribution in [0, 0.1) is 12.8 Å².